The molecule has 0 bridgehead atoms. The van der Waals surface area contributed by atoms with E-state index in [-0.39, 0.29) is 6.42 Å². The molecule has 0 aliphatic carbocycles. The van der Waals surface area contributed by atoms with Crippen molar-refractivity contribution in [3.05, 3.63) is 29.8 Å². The predicted octanol–water partition coefficient (Wildman–Crippen LogP) is 2.94. The highest BCUT2D eigenvalue weighted by Crippen LogP contribution is 2.34. The summed E-state index contributed by atoms with van der Waals surface area (Å²) in [6.45, 7) is 2.13. The molecular weight excluding hydrogens is 266 g/mol. The van der Waals surface area contributed by atoms with E-state index in [2.05, 4.69) is 6.92 Å². The molecule has 0 saturated carbocycles. The Morgan fingerprint density at radius 2 is 1.76 bits per heavy atom. The van der Waals surface area contributed by atoms with Crippen LogP contribution in [-0.2, 0) is 4.79 Å². The lowest BCUT2D eigenvalue weighted by atomic mass is 9.82. The number of hydrogen-bond donors (Lipinski definition) is 1. The van der Waals surface area contributed by atoms with Gasteiger partial charge in [-0.3, -0.25) is 9.59 Å². The Morgan fingerprint density at radius 3 is 2.48 bits per heavy atom. The minimum absolute atomic E-state index is 0.201. The summed E-state index contributed by atoms with van der Waals surface area (Å²) in [4.78, 5) is 26.3. The topological polar surface area (TPSA) is 57.6 Å². The number of nitrogens with zero attached hydrogens (tertiary/aromatic N) is 1. The molecule has 114 valence electrons. The van der Waals surface area contributed by atoms with Crippen LogP contribution in [0.2, 0.25) is 0 Å². The number of anilines is 1. The Hall–Kier alpha value is -1.68. The van der Waals surface area contributed by atoms with Crippen LogP contribution in [0.15, 0.2) is 24.3 Å². The van der Waals surface area contributed by atoms with Gasteiger partial charge < -0.3 is 10.0 Å². The van der Waals surface area contributed by atoms with Gasteiger partial charge in [0.15, 0.2) is 0 Å². The Labute approximate surface area is 125 Å². The van der Waals surface area contributed by atoms with Gasteiger partial charge in [-0.25, -0.2) is 0 Å². The fourth-order valence-corrected chi connectivity index (χ4v) is 2.87. The molecule has 0 saturated heterocycles. The number of ketones is 1. The molecule has 0 aromatic heterocycles. The molecule has 2 rings (SSSR count). The van der Waals surface area contributed by atoms with Gasteiger partial charge in [0.1, 0.15) is 0 Å². The Bertz CT molecular complexity index is 541. The second kappa shape index (κ2) is 6.39. The smallest absolute Gasteiger partial charge is 0.266 e. The zero-order valence-electron chi connectivity index (χ0n) is 12.8. The van der Waals surface area contributed by atoms with Crippen molar-refractivity contribution in [3.8, 4) is 0 Å². The molecule has 1 aliphatic heterocycles. The van der Waals surface area contributed by atoms with E-state index in [9.17, 15) is 14.7 Å². The van der Waals surface area contributed by atoms with Crippen molar-refractivity contribution in [1.29, 1.82) is 0 Å². The van der Waals surface area contributed by atoms with E-state index in [0.717, 1.165) is 25.7 Å². The number of amides is 1. The predicted molar refractivity (Wildman–Crippen MR) is 82.5 cm³/mol. The maximum Gasteiger partial charge on any atom is 0.266 e. The number of para-hydroxylation sites is 1. The summed E-state index contributed by atoms with van der Waals surface area (Å²) in [6.07, 6.45) is 5.17. The van der Waals surface area contributed by atoms with Crippen molar-refractivity contribution in [2.75, 3.05) is 11.9 Å². The summed E-state index contributed by atoms with van der Waals surface area (Å²) in [5.74, 6) is -0.974. The molecule has 0 spiro atoms. The SMILES string of the molecule is CCCCCCCC1(O)C(=O)c2ccccc2N(C)C1=O. The monoisotopic (exact) mass is 289 g/mol. The van der Waals surface area contributed by atoms with E-state index in [0.29, 0.717) is 17.7 Å². The van der Waals surface area contributed by atoms with Gasteiger partial charge in [0.05, 0.1) is 5.69 Å². The van der Waals surface area contributed by atoms with E-state index < -0.39 is 17.3 Å². The van der Waals surface area contributed by atoms with Crippen LogP contribution in [0, 0.1) is 0 Å². The molecule has 1 N–H and O–H groups in total. The van der Waals surface area contributed by atoms with E-state index in [1.54, 1.807) is 31.3 Å². The fraction of sp³-hybridized carbons (Fsp3) is 0.529. The first-order chi connectivity index (χ1) is 10.0. The molecule has 1 heterocycles. The fourth-order valence-electron chi connectivity index (χ4n) is 2.87. The molecule has 1 aromatic rings. The highest BCUT2D eigenvalue weighted by Gasteiger charge is 2.50. The third-order valence-corrected chi connectivity index (χ3v) is 4.19. The minimum Gasteiger partial charge on any atom is -0.373 e. The van der Waals surface area contributed by atoms with Gasteiger partial charge >= 0.3 is 0 Å². The summed E-state index contributed by atoms with van der Waals surface area (Å²) in [5, 5.41) is 10.6. The van der Waals surface area contributed by atoms with Gasteiger partial charge in [-0.15, -0.1) is 0 Å². The molecule has 4 nitrogen and oxygen atoms in total. The van der Waals surface area contributed by atoms with Crippen molar-refractivity contribution >= 4 is 17.4 Å². The summed E-state index contributed by atoms with van der Waals surface area (Å²) in [7, 11) is 1.61. The van der Waals surface area contributed by atoms with Crippen molar-refractivity contribution in [1.82, 2.24) is 0 Å². The number of fused-ring (bicyclic) bond motifs is 1. The quantitative estimate of drug-likeness (QED) is 0.647. The second-order valence-corrected chi connectivity index (χ2v) is 5.73. The Balaban J connectivity index is 2.16. The number of benzene rings is 1. The molecule has 1 unspecified atom stereocenters. The molecule has 1 amide bonds. The Morgan fingerprint density at radius 1 is 1.10 bits per heavy atom. The zero-order valence-corrected chi connectivity index (χ0v) is 12.8. The summed E-state index contributed by atoms with van der Waals surface area (Å²) < 4.78 is 0. The van der Waals surface area contributed by atoms with Crippen LogP contribution in [0.3, 0.4) is 0 Å². The molecular formula is C17H23NO3. The van der Waals surface area contributed by atoms with Crippen LogP contribution in [-0.4, -0.2) is 29.4 Å². The molecule has 21 heavy (non-hydrogen) atoms. The molecule has 1 atom stereocenters. The molecule has 0 fully saturated rings. The standard InChI is InChI=1S/C17H23NO3/c1-3-4-5-6-9-12-17(21)15(19)13-10-7-8-11-14(13)18(2)16(17)20/h7-8,10-11,21H,3-6,9,12H2,1-2H3. The molecule has 0 radical (unpaired) electrons. The van der Waals surface area contributed by atoms with Crippen molar-refractivity contribution in [3.63, 3.8) is 0 Å². The van der Waals surface area contributed by atoms with E-state index in [1.807, 2.05) is 0 Å². The number of carbonyl (C=O) groups excluding carboxylic acids is 2. The first-order valence-corrected chi connectivity index (χ1v) is 7.66. The molecule has 1 aliphatic rings. The van der Waals surface area contributed by atoms with Gasteiger partial charge in [-0.2, -0.15) is 0 Å². The largest absolute Gasteiger partial charge is 0.373 e. The normalized spacial score (nSPS) is 21.6. The second-order valence-electron chi connectivity index (χ2n) is 5.73. The Kier molecular flexibility index (Phi) is 4.78. The van der Waals surface area contributed by atoms with Gasteiger partial charge in [-0.05, 0) is 25.0 Å². The van der Waals surface area contributed by atoms with E-state index in [1.165, 1.54) is 4.90 Å². The lowest BCUT2D eigenvalue weighted by molar-refractivity contribution is -0.133. The zero-order chi connectivity index (χ0) is 15.5. The average Bonchev–Trinajstić information content (AvgIpc) is 2.51. The minimum atomic E-state index is -1.89. The number of aliphatic hydroxyl groups is 1. The summed E-state index contributed by atoms with van der Waals surface area (Å²) >= 11 is 0. The van der Waals surface area contributed by atoms with Crippen LogP contribution in [0.4, 0.5) is 5.69 Å². The average molecular weight is 289 g/mol. The summed E-state index contributed by atoms with van der Waals surface area (Å²) in [6, 6.07) is 6.93. The number of likely N-dealkylation sites (N-methyl/N-ethyl adjacent to an activating group) is 1. The number of rotatable bonds is 6. The third kappa shape index (κ3) is 2.86. The lowest BCUT2D eigenvalue weighted by Crippen LogP contribution is -2.57. The molecule has 1 aromatic carbocycles. The highest BCUT2D eigenvalue weighted by molar-refractivity contribution is 6.26. The van der Waals surface area contributed by atoms with Crippen LogP contribution >= 0.6 is 0 Å². The number of carbonyl (C=O) groups is 2. The van der Waals surface area contributed by atoms with Crippen LogP contribution < -0.4 is 4.90 Å². The van der Waals surface area contributed by atoms with E-state index in [4.69, 9.17) is 0 Å². The number of hydrogen-bond acceptors (Lipinski definition) is 3. The summed E-state index contributed by atoms with van der Waals surface area (Å²) in [5.41, 5.74) is -0.895. The maximum atomic E-state index is 12.5. The first-order valence-electron chi connectivity index (χ1n) is 7.66. The van der Waals surface area contributed by atoms with E-state index >= 15 is 0 Å². The lowest BCUT2D eigenvalue weighted by Gasteiger charge is -2.36. The highest BCUT2D eigenvalue weighted by atomic mass is 16.3. The van der Waals surface area contributed by atoms with Crippen molar-refractivity contribution < 1.29 is 14.7 Å². The van der Waals surface area contributed by atoms with Gasteiger partial charge in [-0.1, -0.05) is 44.7 Å². The van der Waals surface area contributed by atoms with Gasteiger partial charge in [0.2, 0.25) is 11.4 Å². The van der Waals surface area contributed by atoms with Gasteiger partial charge in [0.25, 0.3) is 5.91 Å². The number of unbranched alkanes of at least 4 members (excludes halogenated alkanes) is 4. The molecule has 4 heteroatoms. The third-order valence-electron chi connectivity index (χ3n) is 4.19. The van der Waals surface area contributed by atoms with Crippen LogP contribution in [0.25, 0.3) is 0 Å². The van der Waals surface area contributed by atoms with Crippen LogP contribution in [0.1, 0.15) is 55.8 Å². The van der Waals surface area contributed by atoms with Crippen LogP contribution in [0.5, 0.6) is 0 Å². The van der Waals surface area contributed by atoms with Crippen molar-refractivity contribution in [2.45, 2.75) is 51.0 Å². The maximum absolute atomic E-state index is 12.5. The number of Topliss-reactive ketones (excluding diaryl/α,β-unsaturated/α-hetero) is 1. The first kappa shape index (κ1) is 15.7. The van der Waals surface area contributed by atoms with Gasteiger partial charge in [0, 0.05) is 12.6 Å². The van der Waals surface area contributed by atoms with Crippen molar-refractivity contribution in [2.24, 2.45) is 0 Å².